The van der Waals surface area contributed by atoms with E-state index in [0.29, 0.717) is 22.0 Å². The molecule has 1 aliphatic rings. The second kappa shape index (κ2) is 6.79. The summed E-state index contributed by atoms with van der Waals surface area (Å²) in [5.74, 6) is -0.283. The average molecular weight is 388 g/mol. The number of nitrogens with zero attached hydrogens (tertiary/aromatic N) is 1. The molecule has 1 atom stereocenters. The van der Waals surface area contributed by atoms with Gasteiger partial charge in [-0.3, -0.25) is 4.79 Å². The number of fused-ring (bicyclic) bond motifs is 1. The summed E-state index contributed by atoms with van der Waals surface area (Å²) in [5.41, 5.74) is -0.163. The van der Waals surface area contributed by atoms with Crippen LogP contribution in [0.1, 0.15) is 11.1 Å². The molecule has 144 valence electrons. The number of rotatable bonds is 3. The van der Waals surface area contributed by atoms with Gasteiger partial charge in [-0.1, -0.05) is 35.5 Å². The average Bonchev–Trinajstić information content (AvgIpc) is 3.16. The Bertz CT molecular complexity index is 1140. The first-order chi connectivity index (χ1) is 13.4. The standard InChI is InChI=1S/C20H15F3N2O3/c21-20(22,23)16-4-2-1-3-14(16)17-8-11-5-6-12(7-15(11)19(27)24-17)18-13(9-26)10-28-25-18/h1-8,13,26H,9-10H2,(H,24,27)/t13-/m1/s1. The fourth-order valence-corrected chi connectivity index (χ4v) is 3.31. The maximum absolute atomic E-state index is 13.3. The van der Waals surface area contributed by atoms with Gasteiger partial charge >= 0.3 is 6.18 Å². The molecule has 0 saturated carbocycles. The Kier molecular flexibility index (Phi) is 4.43. The predicted octanol–water partition coefficient (Wildman–Crippen LogP) is 3.56. The van der Waals surface area contributed by atoms with Crippen molar-refractivity contribution in [2.75, 3.05) is 13.2 Å². The normalized spacial score (nSPS) is 16.9. The third-order valence-electron chi connectivity index (χ3n) is 4.71. The maximum Gasteiger partial charge on any atom is 0.417 e. The van der Waals surface area contributed by atoms with Gasteiger partial charge in [0.25, 0.3) is 5.56 Å². The smallest absolute Gasteiger partial charge is 0.396 e. The van der Waals surface area contributed by atoms with Crippen molar-refractivity contribution < 1.29 is 23.1 Å². The van der Waals surface area contributed by atoms with Crippen molar-refractivity contribution in [2.45, 2.75) is 6.18 Å². The van der Waals surface area contributed by atoms with Gasteiger partial charge in [0.2, 0.25) is 0 Å². The lowest BCUT2D eigenvalue weighted by Crippen LogP contribution is -2.19. The monoisotopic (exact) mass is 388 g/mol. The van der Waals surface area contributed by atoms with E-state index in [2.05, 4.69) is 10.1 Å². The summed E-state index contributed by atoms with van der Waals surface area (Å²) in [5, 5.41) is 14.1. The Morgan fingerprint density at radius 1 is 1.18 bits per heavy atom. The Balaban J connectivity index is 1.84. The Morgan fingerprint density at radius 2 is 1.96 bits per heavy atom. The van der Waals surface area contributed by atoms with Crippen LogP contribution in [-0.2, 0) is 11.0 Å². The van der Waals surface area contributed by atoms with Gasteiger partial charge in [-0.25, -0.2) is 0 Å². The number of oxime groups is 1. The van der Waals surface area contributed by atoms with Gasteiger partial charge < -0.3 is 14.9 Å². The first-order valence-corrected chi connectivity index (χ1v) is 8.53. The second-order valence-corrected chi connectivity index (χ2v) is 6.51. The molecule has 0 radical (unpaired) electrons. The molecule has 0 bridgehead atoms. The number of halogens is 3. The van der Waals surface area contributed by atoms with E-state index in [1.807, 2.05) is 0 Å². The number of benzene rings is 2. The molecular formula is C20H15F3N2O3. The number of hydrogen-bond donors (Lipinski definition) is 2. The topological polar surface area (TPSA) is 74.7 Å². The molecule has 0 aliphatic carbocycles. The predicted molar refractivity (Wildman–Crippen MR) is 98.1 cm³/mol. The van der Waals surface area contributed by atoms with Crippen molar-refractivity contribution in [1.29, 1.82) is 0 Å². The van der Waals surface area contributed by atoms with Gasteiger partial charge in [-0.05, 0) is 23.6 Å². The van der Waals surface area contributed by atoms with Gasteiger partial charge in [-0.2, -0.15) is 13.2 Å². The highest BCUT2D eigenvalue weighted by Crippen LogP contribution is 2.36. The fourth-order valence-electron chi connectivity index (χ4n) is 3.31. The lowest BCUT2D eigenvalue weighted by Gasteiger charge is -2.13. The van der Waals surface area contributed by atoms with Crippen LogP contribution in [-0.4, -0.2) is 29.0 Å². The lowest BCUT2D eigenvalue weighted by molar-refractivity contribution is -0.137. The molecular weight excluding hydrogens is 373 g/mol. The number of aliphatic hydroxyl groups is 1. The van der Waals surface area contributed by atoms with Crippen LogP contribution in [0.5, 0.6) is 0 Å². The van der Waals surface area contributed by atoms with Crippen LogP contribution in [0.2, 0.25) is 0 Å². The number of aromatic amines is 1. The van der Waals surface area contributed by atoms with E-state index in [0.717, 1.165) is 6.07 Å². The van der Waals surface area contributed by atoms with E-state index in [1.165, 1.54) is 24.3 Å². The molecule has 3 aromatic rings. The molecule has 4 rings (SSSR count). The third-order valence-corrected chi connectivity index (χ3v) is 4.71. The maximum atomic E-state index is 13.3. The van der Waals surface area contributed by atoms with Gasteiger partial charge in [0.1, 0.15) is 6.61 Å². The molecule has 28 heavy (non-hydrogen) atoms. The first kappa shape index (κ1) is 18.2. The number of aliphatic hydroxyl groups excluding tert-OH is 1. The summed E-state index contributed by atoms with van der Waals surface area (Å²) < 4.78 is 39.9. The SMILES string of the molecule is O=c1[nH]c(-c2ccccc2C(F)(F)F)cc2ccc(C3=NOC[C@H]3CO)cc12. The summed E-state index contributed by atoms with van der Waals surface area (Å²) in [6.07, 6.45) is -4.54. The number of aromatic nitrogens is 1. The van der Waals surface area contributed by atoms with Crippen molar-refractivity contribution in [3.63, 3.8) is 0 Å². The van der Waals surface area contributed by atoms with Crippen molar-refractivity contribution in [2.24, 2.45) is 11.1 Å². The van der Waals surface area contributed by atoms with Crippen molar-refractivity contribution in [1.82, 2.24) is 4.98 Å². The number of pyridine rings is 1. The van der Waals surface area contributed by atoms with Crippen LogP contribution in [0.3, 0.4) is 0 Å². The van der Waals surface area contributed by atoms with E-state index in [1.54, 1.807) is 18.2 Å². The quantitative estimate of drug-likeness (QED) is 0.721. The molecule has 2 aromatic carbocycles. The van der Waals surface area contributed by atoms with Crippen LogP contribution >= 0.6 is 0 Å². The molecule has 5 nitrogen and oxygen atoms in total. The molecule has 8 heteroatoms. The van der Waals surface area contributed by atoms with E-state index in [4.69, 9.17) is 4.84 Å². The van der Waals surface area contributed by atoms with Crippen LogP contribution < -0.4 is 5.56 Å². The molecule has 1 aliphatic heterocycles. The highest BCUT2D eigenvalue weighted by molar-refractivity contribution is 6.05. The zero-order chi connectivity index (χ0) is 19.9. The largest absolute Gasteiger partial charge is 0.417 e. The summed E-state index contributed by atoms with van der Waals surface area (Å²) in [6, 6.07) is 11.6. The van der Waals surface area contributed by atoms with Crippen LogP contribution in [0, 0.1) is 5.92 Å². The molecule has 0 spiro atoms. The summed E-state index contributed by atoms with van der Waals surface area (Å²) in [4.78, 5) is 20.2. The van der Waals surface area contributed by atoms with E-state index in [9.17, 15) is 23.1 Å². The highest BCUT2D eigenvalue weighted by Gasteiger charge is 2.33. The summed E-state index contributed by atoms with van der Waals surface area (Å²) in [7, 11) is 0. The lowest BCUT2D eigenvalue weighted by atomic mass is 9.96. The first-order valence-electron chi connectivity index (χ1n) is 8.53. The molecule has 0 unspecified atom stereocenters. The van der Waals surface area contributed by atoms with Gasteiger partial charge in [0, 0.05) is 22.2 Å². The molecule has 0 amide bonds. The van der Waals surface area contributed by atoms with Crippen molar-refractivity contribution in [3.8, 4) is 11.3 Å². The highest BCUT2D eigenvalue weighted by atomic mass is 19.4. The van der Waals surface area contributed by atoms with Crippen LogP contribution in [0.4, 0.5) is 13.2 Å². The minimum atomic E-state index is -4.54. The minimum Gasteiger partial charge on any atom is -0.396 e. The molecule has 0 saturated heterocycles. The molecule has 2 heterocycles. The zero-order valence-corrected chi connectivity index (χ0v) is 14.5. The van der Waals surface area contributed by atoms with E-state index >= 15 is 0 Å². The molecule has 1 aromatic heterocycles. The van der Waals surface area contributed by atoms with Crippen molar-refractivity contribution >= 4 is 16.5 Å². The Morgan fingerprint density at radius 3 is 2.71 bits per heavy atom. The van der Waals surface area contributed by atoms with E-state index < -0.39 is 17.3 Å². The third kappa shape index (κ3) is 3.16. The minimum absolute atomic E-state index is 0.0907. The van der Waals surface area contributed by atoms with Gasteiger partial charge in [0.05, 0.1) is 23.8 Å². The summed E-state index contributed by atoms with van der Waals surface area (Å²) in [6.45, 7) is 0.119. The number of alkyl halides is 3. The summed E-state index contributed by atoms with van der Waals surface area (Å²) >= 11 is 0. The number of hydrogen-bond acceptors (Lipinski definition) is 4. The number of nitrogens with one attached hydrogen (secondary N) is 1. The Hall–Kier alpha value is -3.13. The zero-order valence-electron chi connectivity index (χ0n) is 14.5. The fraction of sp³-hybridized carbons (Fsp3) is 0.200. The molecule has 2 N–H and O–H groups in total. The Labute approximate surface area is 157 Å². The second-order valence-electron chi connectivity index (χ2n) is 6.51. The van der Waals surface area contributed by atoms with Gasteiger partial charge in [0.15, 0.2) is 0 Å². The number of H-pyrrole nitrogens is 1. The van der Waals surface area contributed by atoms with Crippen LogP contribution in [0.25, 0.3) is 22.0 Å². The van der Waals surface area contributed by atoms with Crippen molar-refractivity contribution in [3.05, 3.63) is 70.0 Å². The van der Waals surface area contributed by atoms with E-state index in [-0.39, 0.29) is 30.4 Å². The van der Waals surface area contributed by atoms with Gasteiger partial charge in [-0.15, -0.1) is 0 Å². The van der Waals surface area contributed by atoms with Crippen LogP contribution in [0.15, 0.2) is 58.5 Å². The molecule has 0 fully saturated rings.